The van der Waals surface area contributed by atoms with Crippen LogP contribution in [0.5, 0.6) is 0 Å². The largest absolute Gasteiger partial charge is 0.353 e. The molecule has 1 aromatic carbocycles. The lowest BCUT2D eigenvalue weighted by Crippen LogP contribution is -2.26. The van der Waals surface area contributed by atoms with Crippen molar-refractivity contribution in [1.29, 1.82) is 0 Å². The van der Waals surface area contributed by atoms with Crippen LogP contribution in [0.4, 0.5) is 28.7 Å². The summed E-state index contributed by atoms with van der Waals surface area (Å²) in [5, 5.41) is 6.25. The maximum Gasteiger partial charge on any atom is 0.278 e. The van der Waals surface area contributed by atoms with Gasteiger partial charge in [0.25, 0.3) is 5.91 Å². The molecule has 3 N–H and O–H groups in total. The van der Waals surface area contributed by atoms with Crippen molar-refractivity contribution in [3.63, 3.8) is 0 Å². The highest BCUT2D eigenvalue weighted by atomic mass is 32.2. The number of rotatable bonds is 8. The van der Waals surface area contributed by atoms with E-state index >= 15 is 0 Å². The zero-order chi connectivity index (χ0) is 23.3. The lowest BCUT2D eigenvalue weighted by Gasteiger charge is -2.22. The SMILES string of the molecule is CONC(=O)c1cnc(Nc2cccc(C)n2)cc1Nc1ccccc1N(C)S(C)(=O)=O. The average Bonchev–Trinajstić information content (AvgIpc) is 2.73. The van der Waals surface area contributed by atoms with Crippen LogP contribution >= 0.6 is 0 Å². The van der Waals surface area contributed by atoms with Gasteiger partial charge < -0.3 is 10.6 Å². The zero-order valence-electron chi connectivity index (χ0n) is 18.1. The highest BCUT2D eigenvalue weighted by Gasteiger charge is 2.19. The second kappa shape index (κ2) is 9.62. The number of hydroxylamine groups is 1. The van der Waals surface area contributed by atoms with Gasteiger partial charge in [0.1, 0.15) is 11.6 Å². The van der Waals surface area contributed by atoms with E-state index in [9.17, 15) is 13.2 Å². The smallest absolute Gasteiger partial charge is 0.278 e. The van der Waals surface area contributed by atoms with Gasteiger partial charge in [-0.05, 0) is 31.2 Å². The Bertz CT molecular complexity index is 1230. The minimum Gasteiger partial charge on any atom is -0.353 e. The summed E-state index contributed by atoms with van der Waals surface area (Å²) in [6.07, 6.45) is 2.50. The third-order valence-electron chi connectivity index (χ3n) is 4.50. The van der Waals surface area contributed by atoms with Crippen LogP contribution in [0.3, 0.4) is 0 Å². The first-order chi connectivity index (χ1) is 15.2. The Labute approximate surface area is 186 Å². The summed E-state index contributed by atoms with van der Waals surface area (Å²) >= 11 is 0. The van der Waals surface area contributed by atoms with Crippen molar-refractivity contribution >= 4 is 44.6 Å². The topological polar surface area (TPSA) is 126 Å². The Morgan fingerprint density at radius 1 is 1.03 bits per heavy atom. The standard InChI is InChI=1S/C21H24N6O4S/c1-14-8-7-11-19(23-14)25-20-12-17(15(13-22-20)21(28)26-31-3)24-16-9-5-6-10-18(16)27(2)32(4,29)30/h5-13H,1-4H3,(H,26,28)(H2,22,23,24,25). The number of aryl methyl sites for hydroxylation is 1. The molecule has 0 aliphatic rings. The van der Waals surface area contributed by atoms with Gasteiger partial charge in [-0.15, -0.1) is 0 Å². The second-order valence-electron chi connectivity index (χ2n) is 6.91. The molecule has 0 aliphatic heterocycles. The summed E-state index contributed by atoms with van der Waals surface area (Å²) in [5.41, 5.74) is 4.59. The third-order valence-corrected chi connectivity index (χ3v) is 5.69. The number of nitrogens with zero attached hydrogens (tertiary/aromatic N) is 3. The van der Waals surface area contributed by atoms with Gasteiger partial charge in [0.2, 0.25) is 10.0 Å². The zero-order valence-corrected chi connectivity index (χ0v) is 18.9. The highest BCUT2D eigenvalue weighted by Crippen LogP contribution is 2.31. The number of aromatic nitrogens is 2. The van der Waals surface area contributed by atoms with Crippen LogP contribution in [0.1, 0.15) is 16.1 Å². The van der Waals surface area contributed by atoms with E-state index in [1.165, 1.54) is 20.4 Å². The Kier molecular flexibility index (Phi) is 6.91. The van der Waals surface area contributed by atoms with Gasteiger partial charge in [-0.3, -0.25) is 13.9 Å². The van der Waals surface area contributed by atoms with E-state index in [0.717, 1.165) is 16.3 Å². The maximum atomic E-state index is 12.5. The summed E-state index contributed by atoms with van der Waals surface area (Å²) in [6.45, 7) is 1.87. The predicted octanol–water partition coefficient (Wildman–Crippen LogP) is 2.96. The summed E-state index contributed by atoms with van der Waals surface area (Å²) < 4.78 is 25.3. The van der Waals surface area contributed by atoms with E-state index < -0.39 is 15.9 Å². The van der Waals surface area contributed by atoms with Crippen molar-refractivity contribution in [3.8, 4) is 0 Å². The molecule has 0 aliphatic carbocycles. The molecule has 0 radical (unpaired) electrons. The molecule has 0 saturated carbocycles. The average molecular weight is 457 g/mol. The molecule has 0 fully saturated rings. The fourth-order valence-electron chi connectivity index (χ4n) is 2.88. The molecule has 0 bridgehead atoms. The van der Waals surface area contributed by atoms with Gasteiger partial charge in [-0.2, -0.15) is 0 Å². The van der Waals surface area contributed by atoms with Crippen LogP contribution < -0.4 is 20.4 Å². The molecule has 32 heavy (non-hydrogen) atoms. The van der Waals surface area contributed by atoms with Gasteiger partial charge in [0.15, 0.2) is 0 Å². The van der Waals surface area contributed by atoms with Crippen LogP contribution in [0.15, 0.2) is 54.7 Å². The van der Waals surface area contributed by atoms with Crippen molar-refractivity contribution in [3.05, 3.63) is 66.0 Å². The predicted molar refractivity (Wildman–Crippen MR) is 124 cm³/mol. The minimum absolute atomic E-state index is 0.200. The Balaban J connectivity index is 2.03. The number of carbonyl (C=O) groups excluding carboxylic acids is 1. The van der Waals surface area contributed by atoms with E-state index in [2.05, 4.69) is 26.1 Å². The molecule has 1 amide bonds. The fraction of sp³-hybridized carbons (Fsp3) is 0.190. The molecule has 0 saturated heterocycles. The quantitative estimate of drug-likeness (QED) is 0.442. The van der Waals surface area contributed by atoms with E-state index in [-0.39, 0.29) is 5.56 Å². The Morgan fingerprint density at radius 2 is 1.78 bits per heavy atom. The first-order valence-electron chi connectivity index (χ1n) is 9.53. The lowest BCUT2D eigenvalue weighted by molar-refractivity contribution is 0.0538. The molecule has 2 heterocycles. The summed E-state index contributed by atoms with van der Waals surface area (Å²) in [4.78, 5) is 25.9. The monoisotopic (exact) mass is 456 g/mol. The number of nitrogens with one attached hydrogen (secondary N) is 3. The number of pyridine rings is 2. The molecule has 10 nitrogen and oxygen atoms in total. The van der Waals surface area contributed by atoms with Gasteiger partial charge in [0.05, 0.1) is 36.0 Å². The number of carbonyl (C=O) groups is 1. The third kappa shape index (κ3) is 5.50. The van der Waals surface area contributed by atoms with Gasteiger partial charge in [-0.25, -0.2) is 23.9 Å². The molecular formula is C21H24N6O4S. The Hall–Kier alpha value is -3.70. The lowest BCUT2D eigenvalue weighted by atomic mass is 10.2. The maximum absolute atomic E-state index is 12.5. The summed E-state index contributed by atoms with van der Waals surface area (Å²) in [6, 6.07) is 14.0. The molecular weight excluding hydrogens is 432 g/mol. The molecule has 0 atom stereocenters. The van der Waals surface area contributed by atoms with Crippen molar-refractivity contribution < 1.29 is 18.0 Å². The van der Waals surface area contributed by atoms with Crippen LogP contribution in [-0.2, 0) is 14.9 Å². The van der Waals surface area contributed by atoms with Crippen LogP contribution in [-0.4, -0.2) is 44.7 Å². The number of hydrogen-bond acceptors (Lipinski definition) is 8. The number of hydrogen-bond donors (Lipinski definition) is 3. The number of para-hydroxylation sites is 2. The van der Waals surface area contributed by atoms with Crippen molar-refractivity contribution in [2.75, 3.05) is 35.4 Å². The number of benzene rings is 1. The fourth-order valence-corrected chi connectivity index (χ4v) is 3.39. The van der Waals surface area contributed by atoms with Crippen LogP contribution in [0.2, 0.25) is 0 Å². The number of anilines is 5. The molecule has 168 valence electrons. The first kappa shape index (κ1) is 23.0. The summed E-state index contributed by atoms with van der Waals surface area (Å²) in [5.74, 6) is 0.514. The van der Waals surface area contributed by atoms with Gasteiger partial charge in [0, 0.05) is 25.0 Å². The van der Waals surface area contributed by atoms with E-state index in [1.807, 2.05) is 19.1 Å². The van der Waals surface area contributed by atoms with E-state index in [0.29, 0.717) is 28.7 Å². The molecule has 3 aromatic rings. The molecule has 0 unspecified atom stereocenters. The molecule has 3 rings (SSSR count). The van der Waals surface area contributed by atoms with Crippen LogP contribution in [0, 0.1) is 6.92 Å². The van der Waals surface area contributed by atoms with Crippen LogP contribution in [0.25, 0.3) is 0 Å². The molecule has 0 spiro atoms. The normalized spacial score (nSPS) is 11.0. The molecule has 2 aromatic heterocycles. The van der Waals surface area contributed by atoms with Crippen molar-refractivity contribution in [2.45, 2.75) is 6.92 Å². The molecule has 11 heteroatoms. The van der Waals surface area contributed by atoms with Gasteiger partial charge >= 0.3 is 0 Å². The van der Waals surface area contributed by atoms with E-state index in [1.54, 1.807) is 36.4 Å². The summed E-state index contributed by atoms with van der Waals surface area (Å²) in [7, 11) is -0.714. The first-order valence-corrected chi connectivity index (χ1v) is 11.4. The highest BCUT2D eigenvalue weighted by molar-refractivity contribution is 7.92. The van der Waals surface area contributed by atoms with Gasteiger partial charge in [-0.1, -0.05) is 18.2 Å². The minimum atomic E-state index is -3.50. The van der Waals surface area contributed by atoms with Crippen molar-refractivity contribution in [1.82, 2.24) is 15.4 Å². The number of sulfonamides is 1. The Morgan fingerprint density at radius 3 is 2.47 bits per heavy atom. The second-order valence-corrected chi connectivity index (χ2v) is 8.93. The number of amides is 1. The van der Waals surface area contributed by atoms with E-state index in [4.69, 9.17) is 4.84 Å². The van der Waals surface area contributed by atoms with Crippen molar-refractivity contribution in [2.24, 2.45) is 0 Å².